The molecule has 3 nitrogen and oxygen atoms in total. The lowest BCUT2D eigenvalue weighted by atomic mass is 9.65. The van der Waals surface area contributed by atoms with Gasteiger partial charge in [-0.1, -0.05) is 157 Å². The first-order valence-electron chi connectivity index (χ1n) is 19.2. The maximum atomic E-state index is 5.42. The number of pyridine rings is 1. The van der Waals surface area contributed by atoms with Crippen LogP contribution in [0.3, 0.4) is 0 Å². The molecular weight excluding hydrogens is 699 g/mol. The summed E-state index contributed by atoms with van der Waals surface area (Å²) in [5.74, 6) is 0.912. The Kier molecular flexibility index (Phi) is 6.03. The Labute approximate surface area is 328 Å². The van der Waals surface area contributed by atoms with E-state index < -0.39 is 5.41 Å². The molecule has 0 saturated heterocycles. The number of hydrogen-bond donors (Lipinski definition) is 0. The minimum Gasteiger partial charge on any atom is -0.309 e. The van der Waals surface area contributed by atoms with Crippen LogP contribution in [0.25, 0.3) is 60.6 Å². The summed E-state index contributed by atoms with van der Waals surface area (Å²) in [6, 6.07) is 69.3. The summed E-state index contributed by atoms with van der Waals surface area (Å²) in [5, 5.41) is 3.73. The predicted octanol–water partition coefficient (Wildman–Crippen LogP) is 13.6. The molecule has 0 amide bonds. The highest BCUT2D eigenvalue weighted by molar-refractivity contribution is 8.00. The first-order valence-corrected chi connectivity index (χ1v) is 20.0. The average Bonchev–Trinajstić information content (AvgIpc) is 3.76. The van der Waals surface area contributed by atoms with E-state index in [2.05, 4.69) is 198 Å². The van der Waals surface area contributed by atoms with Crippen LogP contribution in [0.4, 0.5) is 17.2 Å². The summed E-state index contributed by atoms with van der Waals surface area (Å²) in [7, 11) is 0. The van der Waals surface area contributed by atoms with Crippen molar-refractivity contribution in [2.75, 3.05) is 4.90 Å². The number of nitrogens with zero attached hydrogens (tertiary/aromatic N) is 3. The standard InChI is InChI=1S/C52H31N3S/c1-2-15-32(16-3-1)37-31-48(53-42-24-9-5-17-33(37)42)54-45-27-12-13-28-47(45)56-51-46(54)30-29-40-49(51)36-19-4-7-21-38(36)52(40)39-22-8-11-26-44(39)55-43-25-10-6-18-34(43)35-20-14-23-41(52)50(35)55/h1-31H. The molecule has 8 aromatic carbocycles. The summed E-state index contributed by atoms with van der Waals surface area (Å²) in [5.41, 5.74) is 16.8. The second-order valence-electron chi connectivity index (χ2n) is 15.0. The molecule has 0 saturated carbocycles. The number of aromatic nitrogens is 2. The van der Waals surface area contributed by atoms with E-state index in [9.17, 15) is 0 Å². The molecule has 2 aliphatic heterocycles. The third kappa shape index (κ3) is 3.77. The van der Waals surface area contributed by atoms with Gasteiger partial charge in [-0.05, 0) is 81.4 Å². The van der Waals surface area contributed by atoms with Crippen molar-refractivity contribution in [3.8, 4) is 27.9 Å². The van der Waals surface area contributed by atoms with Crippen LogP contribution in [-0.2, 0) is 5.41 Å². The van der Waals surface area contributed by atoms with E-state index in [0.29, 0.717) is 0 Å². The Bertz CT molecular complexity index is 3310. The molecule has 260 valence electrons. The summed E-state index contributed by atoms with van der Waals surface area (Å²) in [6.45, 7) is 0. The van der Waals surface area contributed by atoms with Crippen LogP contribution in [0.15, 0.2) is 198 Å². The van der Waals surface area contributed by atoms with E-state index in [1.54, 1.807) is 0 Å². The normalized spacial score (nSPS) is 15.8. The second-order valence-corrected chi connectivity index (χ2v) is 16.1. The number of rotatable bonds is 2. The first-order chi connectivity index (χ1) is 27.8. The number of hydrogen-bond acceptors (Lipinski definition) is 3. The van der Waals surface area contributed by atoms with Gasteiger partial charge < -0.3 is 4.57 Å². The van der Waals surface area contributed by atoms with Crippen LogP contribution >= 0.6 is 11.8 Å². The summed E-state index contributed by atoms with van der Waals surface area (Å²) in [6.07, 6.45) is 0. The van der Waals surface area contributed by atoms with Gasteiger partial charge in [-0.15, -0.1) is 0 Å². The third-order valence-corrected chi connectivity index (χ3v) is 13.5. The molecule has 13 rings (SSSR count). The monoisotopic (exact) mass is 729 g/mol. The minimum atomic E-state index is -0.508. The molecule has 3 aliphatic rings. The van der Waals surface area contributed by atoms with E-state index >= 15 is 0 Å². The van der Waals surface area contributed by atoms with Crippen molar-refractivity contribution in [1.82, 2.24) is 9.55 Å². The van der Waals surface area contributed by atoms with Gasteiger partial charge in [-0.25, -0.2) is 4.98 Å². The van der Waals surface area contributed by atoms with Crippen molar-refractivity contribution >= 4 is 61.7 Å². The molecule has 10 aromatic rings. The maximum absolute atomic E-state index is 5.42. The van der Waals surface area contributed by atoms with Crippen molar-refractivity contribution < 1.29 is 0 Å². The number of fused-ring (bicyclic) bond motifs is 16. The Balaban J connectivity index is 1.14. The van der Waals surface area contributed by atoms with Crippen molar-refractivity contribution in [1.29, 1.82) is 0 Å². The van der Waals surface area contributed by atoms with Gasteiger partial charge in [0.15, 0.2) is 0 Å². The minimum absolute atomic E-state index is 0.508. The molecule has 1 aliphatic carbocycles. The first kappa shape index (κ1) is 30.4. The number of para-hydroxylation sites is 5. The zero-order chi connectivity index (χ0) is 36.5. The molecule has 0 N–H and O–H groups in total. The summed E-state index contributed by atoms with van der Waals surface area (Å²) >= 11 is 1.89. The van der Waals surface area contributed by atoms with E-state index in [0.717, 1.165) is 28.1 Å². The van der Waals surface area contributed by atoms with Gasteiger partial charge >= 0.3 is 0 Å². The summed E-state index contributed by atoms with van der Waals surface area (Å²) < 4.78 is 2.52. The Morgan fingerprint density at radius 3 is 2.07 bits per heavy atom. The Hall–Kier alpha value is -6.88. The van der Waals surface area contributed by atoms with Crippen molar-refractivity contribution in [2.24, 2.45) is 0 Å². The van der Waals surface area contributed by atoms with Gasteiger partial charge in [-0.3, -0.25) is 4.90 Å². The van der Waals surface area contributed by atoms with Gasteiger partial charge in [0.1, 0.15) is 5.82 Å². The highest BCUT2D eigenvalue weighted by Crippen LogP contribution is 2.65. The van der Waals surface area contributed by atoms with Crippen LogP contribution in [-0.4, -0.2) is 9.55 Å². The van der Waals surface area contributed by atoms with E-state index in [-0.39, 0.29) is 0 Å². The topological polar surface area (TPSA) is 21.1 Å². The fourth-order valence-corrected chi connectivity index (χ4v) is 11.5. The maximum Gasteiger partial charge on any atom is 0.138 e. The van der Waals surface area contributed by atoms with Crippen LogP contribution in [0.5, 0.6) is 0 Å². The molecule has 1 atom stereocenters. The molecule has 1 unspecified atom stereocenters. The molecular formula is C52H31N3S. The van der Waals surface area contributed by atoms with Crippen LogP contribution in [0.1, 0.15) is 22.3 Å². The van der Waals surface area contributed by atoms with E-state index in [1.165, 1.54) is 81.8 Å². The van der Waals surface area contributed by atoms with E-state index in [4.69, 9.17) is 4.98 Å². The predicted molar refractivity (Wildman–Crippen MR) is 231 cm³/mol. The van der Waals surface area contributed by atoms with Crippen LogP contribution in [0.2, 0.25) is 0 Å². The quantitative estimate of drug-likeness (QED) is 0.177. The molecule has 4 heteroatoms. The van der Waals surface area contributed by atoms with Gasteiger partial charge in [0.05, 0.1) is 39.0 Å². The fraction of sp³-hybridized carbons (Fsp3) is 0.0192. The van der Waals surface area contributed by atoms with Gasteiger partial charge in [0, 0.05) is 31.5 Å². The molecule has 0 bridgehead atoms. The lowest BCUT2D eigenvalue weighted by Crippen LogP contribution is -2.33. The number of benzene rings is 8. The number of anilines is 3. The smallest absolute Gasteiger partial charge is 0.138 e. The largest absolute Gasteiger partial charge is 0.309 e. The van der Waals surface area contributed by atoms with Gasteiger partial charge in [-0.2, -0.15) is 0 Å². The molecule has 0 fully saturated rings. The molecule has 56 heavy (non-hydrogen) atoms. The summed E-state index contributed by atoms with van der Waals surface area (Å²) in [4.78, 5) is 10.3. The van der Waals surface area contributed by atoms with Crippen LogP contribution < -0.4 is 4.90 Å². The van der Waals surface area contributed by atoms with Gasteiger partial charge in [0.25, 0.3) is 0 Å². The lowest BCUT2D eigenvalue weighted by Gasteiger charge is -2.40. The fourth-order valence-electron chi connectivity index (χ4n) is 10.2. The molecule has 2 aromatic heterocycles. The van der Waals surface area contributed by atoms with Crippen LogP contribution in [0, 0.1) is 0 Å². The zero-order valence-corrected chi connectivity index (χ0v) is 31.0. The Morgan fingerprint density at radius 2 is 1.16 bits per heavy atom. The lowest BCUT2D eigenvalue weighted by molar-refractivity contribution is 0.747. The highest BCUT2D eigenvalue weighted by atomic mass is 32.2. The van der Waals surface area contributed by atoms with Crippen molar-refractivity contribution in [3.63, 3.8) is 0 Å². The third-order valence-electron chi connectivity index (χ3n) is 12.4. The van der Waals surface area contributed by atoms with Gasteiger partial charge in [0.2, 0.25) is 0 Å². The molecule has 1 spiro atoms. The Morgan fingerprint density at radius 1 is 0.464 bits per heavy atom. The average molecular weight is 730 g/mol. The SMILES string of the molecule is c1ccc(-c2cc(N3c4ccccc4Sc4c3ccc3c4-c4ccccc4C34c3ccccc3-n3c5ccccc5c5cccc4c53)nc3ccccc23)cc1. The highest BCUT2D eigenvalue weighted by Gasteiger charge is 2.52. The molecule has 0 radical (unpaired) electrons. The van der Waals surface area contributed by atoms with E-state index in [1.807, 2.05) is 11.8 Å². The van der Waals surface area contributed by atoms with Crippen molar-refractivity contribution in [3.05, 3.63) is 210 Å². The molecule has 4 heterocycles. The second kappa shape index (κ2) is 11.1. The van der Waals surface area contributed by atoms with Crippen molar-refractivity contribution in [2.45, 2.75) is 15.2 Å². The zero-order valence-electron chi connectivity index (χ0n) is 30.1.